The van der Waals surface area contributed by atoms with E-state index in [4.69, 9.17) is 17.2 Å². The van der Waals surface area contributed by atoms with Gasteiger partial charge in [-0.3, -0.25) is 4.98 Å². The predicted molar refractivity (Wildman–Crippen MR) is 152 cm³/mol. The van der Waals surface area contributed by atoms with Gasteiger partial charge < -0.3 is 20.1 Å². The van der Waals surface area contributed by atoms with Gasteiger partial charge >= 0.3 is 0 Å². The number of hydrogen-bond acceptors (Lipinski definition) is 3. The van der Waals surface area contributed by atoms with E-state index < -0.39 is 0 Å². The molecule has 36 heavy (non-hydrogen) atoms. The number of rotatable bonds is 8. The highest BCUT2D eigenvalue weighted by atomic mass is 32.1. The van der Waals surface area contributed by atoms with Crippen molar-refractivity contribution in [3.05, 3.63) is 113 Å². The molecule has 3 heterocycles. The predicted octanol–water partition coefficient (Wildman–Crippen LogP) is 6.27. The molecular weight excluding hydrogens is 462 g/mol. The number of hydrogen-bond donors (Lipinski definition) is 2. The molecule has 4 aromatic rings. The molecule has 0 amide bonds. The maximum Gasteiger partial charge on any atom is 0.170 e. The molecule has 0 spiro atoms. The third-order valence-corrected chi connectivity index (χ3v) is 7.55. The van der Waals surface area contributed by atoms with E-state index in [9.17, 15) is 0 Å². The molecule has 5 rings (SSSR count). The van der Waals surface area contributed by atoms with Crippen LogP contribution in [0, 0.1) is 20.8 Å². The molecule has 0 unspecified atom stereocenters. The highest BCUT2D eigenvalue weighted by Crippen LogP contribution is 2.43. The summed E-state index contributed by atoms with van der Waals surface area (Å²) in [4.78, 5) is 7.09. The number of nitrogens with one attached hydrogen (secondary N) is 2. The summed E-state index contributed by atoms with van der Waals surface area (Å²) in [6.45, 7) is 8.42. The minimum absolute atomic E-state index is 0.00999. The van der Waals surface area contributed by atoms with Gasteiger partial charge in [-0.05, 0) is 81.4 Å². The van der Waals surface area contributed by atoms with Crippen LogP contribution in [0.1, 0.15) is 46.7 Å². The molecule has 184 valence electrons. The van der Waals surface area contributed by atoms with Crippen molar-refractivity contribution in [2.45, 2.75) is 39.3 Å². The van der Waals surface area contributed by atoms with Gasteiger partial charge in [0.2, 0.25) is 0 Å². The molecule has 2 atom stereocenters. The highest BCUT2D eigenvalue weighted by molar-refractivity contribution is 7.80. The van der Waals surface area contributed by atoms with E-state index in [1.54, 1.807) is 0 Å². The van der Waals surface area contributed by atoms with E-state index in [-0.39, 0.29) is 12.1 Å². The molecular formula is C30H33N5S. The molecule has 1 aliphatic rings. The zero-order valence-electron chi connectivity index (χ0n) is 21.1. The van der Waals surface area contributed by atoms with E-state index in [2.05, 4.69) is 108 Å². The SMILES string of the molecule is Cc1c([C@@H]2[C@@H](c3ccccn3)NC(=S)N2CCCNc2ccccc2)c(C)n(-c2ccccc2)c1C. The van der Waals surface area contributed by atoms with Crippen LogP contribution in [0.4, 0.5) is 5.69 Å². The first-order chi connectivity index (χ1) is 17.6. The molecule has 0 saturated carbocycles. The van der Waals surface area contributed by atoms with Crippen LogP contribution in [-0.4, -0.2) is 32.7 Å². The third kappa shape index (κ3) is 4.61. The van der Waals surface area contributed by atoms with Crippen molar-refractivity contribution >= 4 is 23.0 Å². The fourth-order valence-electron chi connectivity index (χ4n) is 5.40. The normalized spacial score (nSPS) is 17.3. The van der Waals surface area contributed by atoms with Gasteiger partial charge in [0, 0.05) is 47.6 Å². The maximum atomic E-state index is 5.92. The molecule has 2 N–H and O–H groups in total. The Balaban J connectivity index is 1.49. The van der Waals surface area contributed by atoms with Crippen LogP contribution in [0.3, 0.4) is 0 Å². The van der Waals surface area contributed by atoms with Gasteiger partial charge in [-0.2, -0.15) is 0 Å². The summed E-state index contributed by atoms with van der Waals surface area (Å²) in [5.74, 6) is 0. The second kappa shape index (κ2) is 10.5. The molecule has 0 aliphatic carbocycles. The Morgan fingerprint density at radius 2 is 1.58 bits per heavy atom. The minimum atomic E-state index is -0.00999. The number of pyridine rings is 1. The third-order valence-electron chi connectivity index (χ3n) is 7.19. The molecule has 2 aromatic carbocycles. The number of aromatic nitrogens is 2. The zero-order valence-corrected chi connectivity index (χ0v) is 21.9. The fraction of sp³-hybridized carbons (Fsp3) is 0.267. The number of anilines is 1. The zero-order chi connectivity index (χ0) is 25.1. The first-order valence-electron chi connectivity index (χ1n) is 12.6. The average molecular weight is 496 g/mol. The van der Waals surface area contributed by atoms with Crippen molar-refractivity contribution in [1.29, 1.82) is 0 Å². The quantitative estimate of drug-likeness (QED) is 0.223. The maximum absolute atomic E-state index is 5.92. The summed E-state index contributed by atoms with van der Waals surface area (Å²) in [5, 5.41) is 7.94. The lowest BCUT2D eigenvalue weighted by Crippen LogP contribution is -2.32. The van der Waals surface area contributed by atoms with E-state index in [0.717, 1.165) is 36.0 Å². The molecule has 2 aromatic heterocycles. The first kappa shape index (κ1) is 24.1. The second-order valence-electron chi connectivity index (χ2n) is 9.35. The number of para-hydroxylation sites is 2. The molecule has 0 bridgehead atoms. The summed E-state index contributed by atoms with van der Waals surface area (Å²) >= 11 is 5.92. The Bertz CT molecular complexity index is 1320. The van der Waals surface area contributed by atoms with E-state index in [1.807, 2.05) is 18.3 Å². The van der Waals surface area contributed by atoms with Crippen molar-refractivity contribution in [2.24, 2.45) is 0 Å². The molecule has 1 fully saturated rings. The van der Waals surface area contributed by atoms with Gasteiger partial charge in [0.15, 0.2) is 5.11 Å². The molecule has 0 radical (unpaired) electrons. The summed E-state index contributed by atoms with van der Waals surface area (Å²) in [7, 11) is 0. The second-order valence-corrected chi connectivity index (χ2v) is 9.73. The van der Waals surface area contributed by atoms with Crippen molar-refractivity contribution in [3.63, 3.8) is 0 Å². The van der Waals surface area contributed by atoms with Crippen LogP contribution < -0.4 is 10.6 Å². The van der Waals surface area contributed by atoms with E-state index >= 15 is 0 Å². The first-order valence-corrected chi connectivity index (χ1v) is 13.0. The van der Waals surface area contributed by atoms with Gasteiger partial charge in [-0.25, -0.2) is 0 Å². The smallest absolute Gasteiger partial charge is 0.170 e. The lowest BCUT2D eigenvalue weighted by Gasteiger charge is -2.29. The van der Waals surface area contributed by atoms with Crippen LogP contribution in [0.15, 0.2) is 85.1 Å². The Kier molecular flexibility index (Phi) is 7.05. The lowest BCUT2D eigenvalue weighted by atomic mass is 9.93. The van der Waals surface area contributed by atoms with Gasteiger partial charge in [-0.15, -0.1) is 0 Å². The van der Waals surface area contributed by atoms with Gasteiger partial charge in [0.1, 0.15) is 0 Å². The molecule has 6 heteroatoms. The number of thiocarbonyl (C=S) groups is 1. The van der Waals surface area contributed by atoms with Crippen LogP contribution in [0.25, 0.3) is 5.69 Å². The van der Waals surface area contributed by atoms with Gasteiger partial charge in [0.25, 0.3) is 0 Å². The molecule has 1 saturated heterocycles. The summed E-state index contributed by atoms with van der Waals surface area (Å²) in [6, 6.07) is 27.1. The van der Waals surface area contributed by atoms with Crippen molar-refractivity contribution in [1.82, 2.24) is 19.8 Å². The van der Waals surface area contributed by atoms with Gasteiger partial charge in [-0.1, -0.05) is 42.5 Å². The van der Waals surface area contributed by atoms with Crippen molar-refractivity contribution in [3.8, 4) is 5.69 Å². The number of nitrogens with zero attached hydrogens (tertiary/aromatic N) is 3. The monoisotopic (exact) mass is 495 g/mol. The van der Waals surface area contributed by atoms with Crippen molar-refractivity contribution in [2.75, 3.05) is 18.4 Å². The van der Waals surface area contributed by atoms with Gasteiger partial charge in [0.05, 0.1) is 17.8 Å². The standard InChI is InChI=1S/C30H33N5S/c1-21-22(2)35(25-15-8-5-9-16-25)23(3)27(21)29-28(26-17-10-11-18-32-26)33-30(36)34(29)20-12-19-31-24-13-6-4-7-14-24/h4-11,13-18,28-29,31H,12,19-20H2,1-3H3,(H,33,36)/t28-,29-/m1/s1. The average Bonchev–Trinajstić information content (AvgIpc) is 3.34. The molecule has 1 aliphatic heterocycles. The summed E-state index contributed by atoms with van der Waals surface area (Å²) in [5.41, 5.74) is 8.49. The Morgan fingerprint density at radius 1 is 0.889 bits per heavy atom. The number of benzene rings is 2. The van der Waals surface area contributed by atoms with Crippen LogP contribution in [0.2, 0.25) is 0 Å². The van der Waals surface area contributed by atoms with Crippen molar-refractivity contribution < 1.29 is 0 Å². The fourth-order valence-corrected chi connectivity index (χ4v) is 5.74. The summed E-state index contributed by atoms with van der Waals surface area (Å²) < 4.78 is 2.37. The topological polar surface area (TPSA) is 45.1 Å². The van der Waals surface area contributed by atoms with Crippen LogP contribution >= 0.6 is 12.2 Å². The van der Waals surface area contributed by atoms with Crippen LogP contribution in [0.5, 0.6) is 0 Å². The largest absolute Gasteiger partial charge is 0.385 e. The van der Waals surface area contributed by atoms with E-state index in [1.165, 1.54) is 28.2 Å². The Hall–Kier alpha value is -3.64. The summed E-state index contributed by atoms with van der Waals surface area (Å²) in [6.07, 6.45) is 2.84. The molecule has 5 nitrogen and oxygen atoms in total. The van der Waals surface area contributed by atoms with E-state index in [0.29, 0.717) is 0 Å². The highest BCUT2D eigenvalue weighted by Gasteiger charge is 2.42. The Morgan fingerprint density at radius 3 is 2.28 bits per heavy atom. The Labute approximate surface area is 219 Å². The van der Waals surface area contributed by atoms with Crippen LogP contribution in [-0.2, 0) is 0 Å². The lowest BCUT2D eigenvalue weighted by molar-refractivity contribution is 0.314. The minimum Gasteiger partial charge on any atom is -0.385 e.